The molecule has 2 rings (SSSR count). The highest BCUT2D eigenvalue weighted by Gasteiger charge is 2.34. The summed E-state index contributed by atoms with van der Waals surface area (Å²) in [6, 6.07) is 4.41. The van der Waals surface area contributed by atoms with Crippen molar-refractivity contribution in [3.63, 3.8) is 0 Å². The summed E-state index contributed by atoms with van der Waals surface area (Å²) in [5.41, 5.74) is 0.421. The minimum atomic E-state index is -4.19. The zero-order chi connectivity index (χ0) is 18.4. The summed E-state index contributed by atoms with van der Waals surface area (Å²) in [5, 5.41) is 6.50. The molecule has 1 aliphatic rings. The second kappa shape index (κ2) is 8.71. The molecule has 1 heterocycles. The topological polar surface area (TPSA) is 39.7 Å². The van der Waals surface area contributed by atoms with E-state index < -0.39 is 12.7 Å². The van der Waals surface area contributed by atoms with Gasteiger partial charge in [0.1, 0.15) is 5.82 Å². The molecule has 1 atom stereocenters. The molecule has 0 spiro atoms. The molecule has 1 aliphatic heterocycles. The monoisotopic (exact) mass is 380 g/mol. The summed E-state index contributed by atoms with van der Waals surface area (Å²) < 4.78 is 51.0. The van der Waals surface area contributed by atoms with Gasteiger partial charge < -0.3 is 10.6 Å². The molecule has 2 N–H and O–H groups in total. The molecular weight excluding hydrogens is 360 g/mol. The van der Waals surface area contributed by atoms with E-state index in [-0.39, 0.29) is 11.9 Å². The van der Waals surface area contributed by atoms with Crippen LogP contribution in [0, 0.1) is 5.82 Å². The van der Waals surface area contributed by atoms with Gasteiger partial charge in [0, 0.05) is 43.3 Å². The number of rotatable bonds is 5. The molecule has 0 radical (unpaired) electrons. The third kappa shape index (κ3) is 6.36. The van der Waals surface area contributed by atoms with Gasteiger partial charge in [-0.05, 0) is 25.0 Å². The van der Waals surface area contributed by atoms with Gasteiger partial charge >= 0.3 is 6.18 Å². The Morgan fingerprint density at radius 1 is 1.40 bits per heavy atom. The molecule has 0 bridgehead atoms. The number of hydrogen-bond acceptors (Lipinski definition) is 2. The summed E-state index contributed by atoms with van der Waals surface area (Å²) in [6.45, 7) is 0.195. The summed E-state index contributed by atoms with van der Waals surface area (Å²) in [5.74, 6) is 0.113. The standard InChI is InChI=1S/C16H21ClF4N4/c1-22-15(23-7-5-12-13(17)3-2-4-14(12)18)24-11-6-8-25(9-11)10-16(19,20)21/h2-4,11H,5-10H2,1H3,(H2,22,23,24). The molecule has 0 saturated carbocycles. The van der Waals surface area contributed by atoms with Crippen LogP contribution in [-0.4, -0.2) is 56.3 Å². The molecule has 1 saturated heterocycles. The van der Waals surface area contributed by atoms with E-state index in [1.165, 1.54) is 11.0 Å². The Labute approximate surface area is 149 Å². The van der Waals surface area contributed by atoms with Crippen LogP contribution in [0.15, 0.2) is 23.2 Å². The zero-order valence-electron chi connectivity index (χ0n) is 13.8. The largest absolute Gasteiger partial charge is 0.401 e. The van der Waals surface area contributed by atoms with E-state index in [4.69, 9.17) is 11.6 Å². The van der Waals surface area contributed by atoms with Gasteiger partial charge in [-0.25, -0.2) is 4.39 Å². The van der Waals surface area contributed by atoms with Crippen molar-refractivity contribution in [2.45, 2.75) is 25.1 Å². The Balaban J connectivity index is 1.78. The highest BCUT2D eigenvalue weighted by atomic mass is 35.5. The smallest absolute Gasteiger partial charge is 0.356 e. The van der Waals surface area contributed by atoms with Gasteiger partial charge in [0.15, 0.2) is 5.96 Å². The predicted octanol–water partition coefficient (Wildman–Crippen LogP) is 2.82. The molecule has 1 aromatic rings. The molecule has 140 valence electrons. The molecule has 25 heavy (non-hydrogen) atoms. The van der Waals surface area contributed by atoms with E-state index in [2.05, 4.69) is 15.6 Å². The van der Waals surface area contributed by atoms with Crippen LogP contribution >= 0.6 is 11.6 Å². The third-order valence-electron chi connectivity index (χ3n) is 3.97. The average Bonchev–Trinajstić information content (AvgIpc) is 2.94. The first-order chi connectivity index (χ1) is 11.8. The van der Waals surface area contributed by atoms with Crippen LogP contribution < -0.4 is 10.6 Å². The lowest BCUT2D eigenvalue weighted by Gasteiger charge is -2.20. The van der Waals surface area contributed by atoms with Gasteiger partial charge in [-0.2, -0.15) is 13.2 Å². The second-order valence-electron chi connectivity index (χ2n) is 5.93. The van der Waals surface area contributed by atoms with Gasteiger partial charge in [-0.3, -0.25) is 9.89 Å². The van der Waals surface area contributed by atoms with E-state index in [1.807, 2.05) is 0 Å². The van der Waals surface area contributed by atoms with Crippen LogP contribution in [-0.2, 0) is 6.42 Å². The Morgan fingerprint density at radius 3 is 2.80 bits per heavy atom. The van der Waals surface area contributed by atoms with Crippen molar-refractivity contribution in [2.75, 3.05) is 33.2 Å². The number of nitrogens with zero attached hydrogens (tertiary/aromatic N) is 2. The number of halogens is 5. The molecule has 0 aromatic heterocycles. The van der Waals surface area contributed by atoms with E-state index in [9.17, 15) is 17.6 Å². The van der Waals surface area contributed by atoms with Crippen LogP contribution in [0.4, 0.5) is 17.6 Å². The summed E-state index contributed by atoms with van der Waals surface area (Å²) in [6.07, 6.45) is -3.21. The van der Waals surface area contributed by atoms with Gasteiger partial charge in [-0.1, -0.05) is 17.7 Å². The first-order valence-corrected chi connectivity index (χ1v) is 8.35. The quantitative estimate of drug-likeness (QED) is 0.469. The number of aliphatic imine (C=N–C) groups is 1. The van der Waals surface area contributed by atoms with Crippen LogP contribution in [0.1, 0.15) is 12.0 Å². The van der Waals surface area contributed by atoms with E-state index in [0.29, 0.717) is 49.0 Å². The van der Waals surface area contributed by atoms with Gasteiger partial charge in [-0.15, -0.1) is 0 Å². The lowest BCUT2D eigenvalue weighted by molar-refractivity contribution is -0.143. The van der Waals surface area contributed by atoms with Crippen LogP contribution in [0.2, 0.25) is 5.02 Å². The van der Waals surface area contributed by atoms with Crippen LogP contribution in [0.25, 0.3) is 0 Å². The number of nitrogens with one attached hydrogen (secondary N) is 2. The summed E-state index contributed by atoms with van der Waals surface area (Å²) in [7, 11) is 1.58. The molecule has 0 amide bonds. The van der Waals surface area contributed by atoms with Crippen molar-refractivity contribution >= 4 is 17.6 Å². The lowest BCUT2D eigenvalue weighted by atomic mass is 10.1. The molecule has 1 fully saturated rings. The maximum atomic E-state index is 13.7. The van der Waals surface area contributed by atoms with Crippen molar-refractivity contribution in [2.24, 2.45) is 4.99 Å². The van der Waals surface area contributed by atoms with Crippen LogP contribution in [0.3, 0.4) is 0 Å². The van der Waals surface area contributed by atoms with E-state index in [1.54, 1.807) is 19.2 Å². The normalized spacial score (nSPS) is 19.3. The maximum absolute atomic E-state index is 13.7. The second-order valence-corrected chi connectivity index (χ2v) is 6.34. The Bertz CT molecular complexity index is 586. The maximum Gasteiger partial charge on any atom is 0.401 e. The predicted molar refractivity (Wildman–Crippen MR) is 90.5 cm³/mol. The Morgan fingerprint density at radius 2 is 2.16 bits per heavy atom. The highest BCUT2D eigenvalue weighted by molar-refractivity contribution is 6.31. The molecule has 9 heteroatoms. The number of likely N-dealkylation sites (tertiary alicyclic amines) is 1. The van der Waals surface area contributed by atoms with E-state index >= 15 is 0 Å². The minimum absolute atomic E-state index is 0.106. The lowest BCUT2D eigenvalue weighted by Crippen LogP contribution is -2.45. The van der Waals surface area contributed by atoms with Crippen molar-refractivity contribution < 1.29 is 17.6 Å². The summed E-state index contributed by atoms with van der Waals surface area (Å²) >= 11 is 5.97. The average molecular weight is 381 g/mol. The highest BCUT2D eigenvalue weighted by Crippen LogP contribution is 2.20. The molecule has 1 unspecified atom stereocenters. The Hall–Kier alpha value is -1.54. The van der Waals surface area contributed by atoms with Crippen molar-refractivity contribution in [1.82, 2.24) is 15.5 Å². The number of benzene rings is 1. The SMILES string of the molecule is CN=C(NCCc1c(F)cccc1Cl)NC1CCN(CC(F)(F)F)C1. The number of alkyl halides is 3. The fourth-order valence-electron chi connectivity index (χ4n) is 2.81. The zero-order valence-corrected chi connectivity index (χ0v) is 14.6. The fourth-order valence-corrected chi connectivity index (χ4v) is 3.07. The first-order valence-electron chi connectivity index (χ1n) is 7.97. The minimum Gasteiger partial charge on any atom is -0.356 e. The third-order valence-corrected chi connectivity index (χ3v) is 4.32. The summed E-state index contributed by atoms with van der Waals surface area (Å²) in [4.78, 5) is 5.42. The van der Waals surface area contributed by atoms with Crippen molar-refractivity contribution in [1.29, 1.82) is 0 Å². The van der Waals surface area contributed by atoms with Gasteiger partial charge in [0.2, 0.25) is 0 Å². The fraction of sp³-hybridized carbons (Fsp3) is 0.562. The molecule has 1 aromatic carbocycles. The number of guanidine groups is 1. The van der Waals surface area contributed by atoms with Gasteiger partial charge in [0.05, 0.1) is 6.54 Å². The first kappa shape index (κ1) is 19.8. The van der Waals surface area contributed by atoms with Crippen molar-refractivity contribution in [3.05, 3.63) is 34.6 Å². The molecule has 0 aliphatic carbocycles. The van der Waals surface area contributed by atoms with Gasteiger partial charge in [0.25, 0.3) is 0 Å². The molecule has 4 nitrogen and oxygen atoms in total. The number of hydrogen-bond donors (Lipinski definition) is 2. The van der Waals surface area contributed by atoms with Crippen molar-refractivity contribution in [3.8, 4) is 0 Å². The molecular formula is C16H21ClF4N4. The van der Waals surface area contributed by atoms with Crippen LogP contribution in [0.5, 0.6) is 0 Å². The Kier molecular flexibility index (Phi) is 6.89. The van der Waals surface area contributed by atoms with E-state index in [0.717, 1.165) is 0 Å².